The minimum absolute atomic E-state index is 0.178. The molecule has 0 atom stereocenters. The second-order valence-electron chi connectivity index (χ2n) is 7.79. The minimum atomic E-state index is -0.731. The zero-order valence-corrected chi connectivity index (χ0v) is 18.8. The highest BCUT2D eigenvalue weighted by Crippen LogP contribution is 2.27. The molecule has 3 heterocycles. The fourth-order valence-electron chi connectivity index (χ4n) is 3.71. The second kappa shape index (κ2) is 9.19. The predicted octanol–water partition coefficient (Wildman–Crippen LogP) is 4.41. The van der Waals surface area contributed by atoms with Crippen molar-refractivity contribution in [3.63, 3.8) is 0 Å². The molecule has 172 valence electrons. The summed E-state index contributed by atoms with van der Waals surface area (Å²) in [5.74, 6) is -0.795. The topological polar surface area (TPSA) is 110 Å². The lowest BCUT2D eigenvalue weighted by Gasteiger charge is -2.12. The highest BCUT2D eigenvalue weighted by Gasteiger charge is 2.21. The van der Waals surface area contributed by atoms with E-state index in [0.29, 0.717) is 40.3 Å². The minimum Gasteiger partial charge on any atom is -0.467 e. The molecule has 0 saturated carbocycles. The van der Waals surface area contributed by atoms with Crippen LogP contribution < -0.4 is 5.32 Å². The van der Waals surface area contributed by atoms with Crippen LogP contribution in [0.1, 0.15) is 38.6 Å². The number of ether oxygens (including phenoxy) is 1. The lowest BCUT2D eigenvalue weighted by Crippen LogP contribution is -2.23. The predicted molar refractivity (Wildman–Crippen MR) is 122 cm³/mol. The molecule has 1 aromatic carbocycles. The van der Waals surface area contributed by atoms with E-state index in [0.717, 1.165) is 11.3 Å². The van der Waals surface area contributed by atoms with E-state index in [4.69, 9.17) is 9.15 Å². The Hall–Kier alpha value is -4.45. The number of nitriles is 1. The van der Waals surface area contributed by atoms with Crippen molar-refractivity contribution >= 4 is 28.6 Å². The molecule has 8 nitrogen and oxygen atoms in total. The van der Waals surface area contributed by atoms with E-state index >= 15 is 0 Å². The van der Waals surface area contributed by atoms with Gasteiger partial charge < -0.3 is 19.0 Å². The van der Waals surface area contributed by atoms with Gasteiger partial charge in [0.05, 0.1) is 35.1 Å². The number of hydrogen-bond donors (Lipinski definition) is 1. The number of hydrogen-bond acceptors (Lipinski definition) is 6. The summed E-state index contributed by atoms with van der Waals surface area (Å²) < 4.78 is 25.8. The van der Waals surface area contributed by atoms with Crippen molar-refractivity contribution in [1.29, 1.82) is 5.26 Å². The maximum Gasteiger partial charge on any atom is 0.340 e. The first-order chi connectivity index (χ1) is 16.3. The maximum absolute atomic E-state index is 13.4. The van der Waals surface area contributed by atoms with Crippen LogP contribution in [-0.2, 0) is 16.1 Å². The smallest absolute Gasteiger partial charge is 0.340 e. The summed E-state index contributed by atoms with van der Waals surface area (Å²) in [6.07, 6.45) is 1.55. The van der Waals surface area contributed by atoms with E-state index in [2.05, 4.69) is 16.4 Å². The van der Waals surface area contributed by atoms with Crippen LogP contribution in [0.15, 0.2) is 47.1 Å². The SMILES string of the molecule is Cc1nc2cc(F)ccc2cc1C(=O)OCC(=O)Nc1c(C#N)c(C)c(C)n1Cc1ccco1. The first-order valence-corrected chi connectivity index (χ1v) is 10.4. The fourth-order valence-corrected chi connectivity index (χ4v) is 3.71. The van der Waals surface area contributed by atoms with Crippen molar-refractivity contribution in [2.24, 2.45) is 0 Å². The number of fused-ring (bicyclic) bond motifs is 1. The van der Waals surface area contributed by atoms with Gasteiger partial charge in [-0.1, -0.05) is 0 Å². The number of aromatic nitrogens is 2. The van der Waals surface area contributed by atoms with Crippen molar-refractivity contribution in [3.05, 3.63) is 82.3 Å². The number of nitrogens with one attached hydrogen (secondary N) is 1. The summed E-state index contributed by atoms with van der Waals surface area (Å²) in [7, 11) is 0. The Labute approximate surface area is 194 Å². The second-order valence-corrected chi connectivity index (χ2v) is 7.79. The van der Waals surface area contributed by atoms with Gasteiger partial charge in [0.2, 0.25) is 0 Å². The molecular weight excluding hydrogens is 439 g/mol. The molecule has 1 N–H and O–H groups in total. The summed E-state index contributed by atoms with van der Waals surface area (Å²) >= 11 is 0. The summed E-state index contributed by atoms with van der Waals surface area (Å²) in [5.41, 5.74) is 2.81. The first kappa shape index (κ1) is 22.7. The summed E-state index contributed by atoms with van der Waals surface area (Å²) in [6, 6.07) is 11.3. The number of benzene rings is 1. The molecule has 3 aromatic heterocycles. The first-order valence-electron chi connectivity index (χ1n) is 10.4. The third-order valence-corrected chi connectivity index (χ3v) is 5.62. The number of carbonyl (C=O) groups excluding carboxylic acids is 2. The Balaban J connectivity index is 1.50. The number of esters is 1. The average Bonchev–Trinajstić information content (AvgIpc) is 3.40. The number of carbonyl (C=O) groups is 2. The van der Waals surface area contributed by atoms with E-state index in [1.807, 2.05) is 6.92 Å². The van der Waals surface area contributed by atoms with Crippen LogP contribution in [0.25, 0.3) is 10.9 Å². The number of halogens is 1. The van der Waals surface area contributed by atoms with E-state index in [-0.39, 0.29) is 5.56 Å². The maximum atomic E-state index is 13.4. The van der Waals surface area contributed by atoms with Crippen LogP contribution in [0.5, 0.6) is 0 Å². The van der Waals surface area contributed by atoms with Crippen molar-refractivity contribution in [2.75, 3.05) is 11.9 Å². The molecule has 4 aromatic rings. The standard InChI is InChI=1S/C25H21FN4O4/c1-14-16(3)30(12-19-5-4-8-33-19)24(21(14)11-27)29-23(31)13-34-25(32)20-9-17-6-7-18(26)10-22(17)28-15(20)2/h4-10H,12-13H2,1-3H3,(H,29,31). The number of furan rings is 1. The van der Waals surface area contributed by atoms with E-state index in [9.17, 15) is 19.2 Å². The van der Waals surface area contributed by atoms with Crippen LogP contribution in [0.3, 0.4) is 0 Å². The lowest BCUT2D eigenvalue weighted by molar-refractivity contribution is -0.119. The van der Waals surface area contributed by atoms with Crippen molar-refractivity contribution in [2.45, 2.75) is 27.3 Å². The number of pyridine rings is 1. The van der Waals surface area contributed by atoms with E-state index in [1.54, 1.807) is 42.9 Å². The number of nitrogens with zero attached hydrogens (tertiary/aromatic N) is 3. The monoisotopic (exact) mass is 460 g/mol. The van der Waals surface area contributed by atoms with Crippen LogP contribution in [0.2, 0.25) is 0 Å². The van der Waals surface area contributed by atoms with E-state index < -0.39 is 24.3 Å². The molecule has 0 fully saturated rings. The summed E-state index contributed by atoms with van der Waals surface area (Å²) in [4.78, 5) is 29.5. The Morgan fingerprint density at radius 1 is 1.24 bits per heavy atom. The van der Waals surface area contributed by atoms with Gasteiger partial charge in [-0.15, -0.1) is 0 Å². The van der Waals surface area contributed by atoms with Gasteiger partial charge in [0, 0.05) is 17.1 Å². The Morgan fingerprint density at radius 3 is 2.74 bits per heavy atom. The van der Waals surface area contributed by atoms with Crippen LogP contribution in [0, 0.1) is 37.9 Å². The third-order valence-electron chi connectivity index (χ3n) is 5.62. The van der Waals surface area contributed by atoms with Crippen molar-refractivity contribution in [3.8, 4) is 6.07 Å². The van der Waals surface area contributed by atoms with Crippen molar-refractivity contribution < 1.29 is 23.1 Å². The Morgan fingerprint density at radius 2 is 2.03 bits per heavy atom. The van der Waals surface area contributed by atoms with Gasteiger partial charge >= 0.3 is 5.97 Å². The Kier molecular flexibility index (Phi) is 6.15. The highest BCUT2D eigenvalue weighted by molar-refractivity contribution is 5.98. The molecule has 1 amide bonds. The van der Waals surface area contributed by atoms with Gasteiger partial charge in [-0.25, -0.2) is 9.18 Å². The number of amides is 1. The van der Waals surface area contributed by atoms with Gasteiger partial charge in [-0.05, 0) is 56.7 Å². The lowest BCUT2D eigenvalue weighted by atomic mass is 10.1. The van der Waals surface area contributed by atoms with Crippen LogP contribution in [0.4, 0.5) is 10.2 Å². The molecule has 0 aliphatic heterocycles. The summed E-state index contributed by atoms with van der Waals surface area (Å²) in [5, 5.41) is 12.9. The Bertz CT molecular complexity index is 1450. The van der Waals surface area contributed by atoms with E-state index in [1.165, 1.54) is 18.2 Å². The van der Waals surface area contributed by atoms with Gasteiger partial charge in [0.1, 0.15) is 23.5 Å². The normalized spacial score (nSPS) is 10.8. The molecular formula is C25H21FN4O4. The number of rotatable bonds is 6. The number of anilines is 1. The molecule has 0 unspecified atom stereocenters. The van der Waals surface area contributed by atoms with Crippen molar-refractivity contribution in [1.82, 2.24) is 9.55 Å². The average molecular weight is 460 g/mol. The molecule has 0 radical (unpaired) electrons. The van der Waals surface area contributed by atoms with Gasteiger partial charge in [-0.3, -0.25) is 9.78 Å². The molecule has 4 rings (SSSR count). The molecule has 9 heteroatoms. The molecule has 0 spiro atoms. The zero-order valence-electron chi connectivity index (χ0n) is 18.8. The van der Waals surface area contributed by atoms with Crippen LogP contribution in [-0.4, -0.2) is 28.0 Å². The quantitative estimate of drug-likeness (QED) is 0.427. The molecule has 0 aliphatic rings. The molecule has 0 saturated heterocycles. The largest absolute Gasteiger partial charge is 0.467 e. The molecule has 34 heavy (non-hydrogen) atoms. The molecule has 0 bridgehead atoms. The highest BCUT2D eigenvalue weighted by atomic mass is 19.1. The third kappa shape index (κ3) is 4.38. The van der Waals surface area contributed by atoms with Crippen LogP contribution >= 0.6 is 0 Å². The zero-order chi connectivity index (χ0) is 24.4. The van der Waals surface area contributed by atoms with Gasteiger partial charge in [-0.2, -0.15) is 5.26 Å². The molecule has 0 aliphatic carbocycles. The fraction of sp³-hybridized carbons (Fsp3) is 0.200. The number of aryl methyl sites for hydroxylation is 1. The van der Waals surface area contributed by atoms with Gasteiger partial charge in [0.25, 0.3) is 5.91 Å². The van der Waals surface area contributed by atoms with Gasteiger partial charge in [0.15, 0.2) is 6.61 Å². The summed E-state index contributed by atoms with van der Waals surface area (Å²) in [6.45, 7) is 5.00.